The van der Waals surface area contributed by atoms with Crippen LogP contribution in [0.1, 0.15) is 24.8 Å². The van der Waals surface area contributed by atoms with E-state index < -0.39 is 0 Å². The van der Waals surface area contributed by atoms with Crippen LogP contribution in [0.5, 0.6) is 0 Å². The molecule has 2 heteroatoms. The molecule has 2 bridgehead atoms. The normalized spacial score (nSPS) is 37.9. The molecular formula is C16H21NO. The number of rotatable bonds is 4. The van der Waals surface area contributed by atoms with Crippen LogP contribution in [0.25, 0.3) is 0 Å². The van der Waals surface area contributed by atoms with Gasteiger partial charge in [-0.2, -0.15) is 0 Å². The van der Waals surface area contributed by atoms with Crippen molar-refractivity contribution in [2.45, 2.75) is 30.9 Å². The van der Waals surface area contributed by atoms with E-state index in [0.29, 0.717) is 24.5 Å². The summed E-state index contributed by atoms with van der Waals surface area (Å²) in [5.41, 5.74) is 7.48. The van der Waals surface area contributed by atoms with Crippen LogP contribution in [-0.2, 0) is 10.3 Å². The third kappa shape index (κ3) is 1.63. The van der Waals surface area contributed by atoms with E-state index in [1.807, 2.05) is 6.08 Å². The molecule has 96 valence electrons. The molecule has 2 aliphatic rings. The molecule has 2 N–H and O–H groups in total. The lowest BCUT2D eigenvalue weighted by molar-refractivity contribution is -0.0786. The van der Waals surface area contributed by atoms with Crippen LogP contribution in [0, 0.1) is 11.8 Å². The van der Waals surface area contributed by atoms with Crippen molar-refractivity contribution in [3.8, 4) is 0 Å². The predicted molar refractivity (Wildman–Crippen MR) is 73.1 cm³/mol. The Bertz CT molecular complexity index is 430. The van der Waals surface area contributed by atoms with Gasteiger partial charge in [0, 0.05) is 12.0 Å². The van der Waals surface area contributed by atoms with E-state index in [2.05, 4.69) is 36.9 Å². The Kier molecular flexibility index (Phi) is 3.00. The summed E-state index contributed by atoms with van der Waals surface area (Å²) >= 11 is 0. The summed E-state index contributed by atoms with van der Waals surface area (Å²) in [4.78, 5) is 0. The topological polar surface area (TPSA) is 35.2 Å². The van der Waals surface area contributed by atoms with Gasteiger partial charge in [-0.25, -0.2) is 0 Å². The van der Waals surface area contributed by atoms with Crippen LogP contribution >= 0.6 is 0 Å². The van der Waals surface area contributed by atoms with Crippen molar-refractivity contribution < 1.29 is 4.74 Å². The van der Waals surface area contributed by atoms with Gasteiger partial charge in [-0.15, -0.1) is 6.58 Å². The Morgan fingerprint density at radius 3 is 2.67 bits per heavy atom. The predicted octanol–water partition coefficient (Wildman–Crippen LogP) is 2.84. The molecule has 3 rings (SSSR count). The number of fused-ring (bicyclic) bond motifs is 2. The van der Waals surface area contributed by atoms with Gasteiger partial charge >= 0.3 is 0 Å². The number of ether oxygens (including phenoxy) is 1. The molecular weight excluding hydrogens is 222 g/mol. The Hall–Kier alpha value is -1.12. The Balaban J connectivity index is 1.98. The molecule has 1 aromatic rings. The molecule has 4 unspecified atom stereocenters. The van der Waals surface area contributed by atoms with Gasteiger partial charge in [0.1, 0.15) is 0 Å². The second kappa shape index (κ2) is 4.52. The molecule has 0 amide bonds. The first-order chi connectivity index (χ1) is 8.78. The Morgan fingerprint density at radius 2 is 2.11 bits per heavy atom. The molecule has 2 nitrogen and oxygen atoms in total. The maximum Gasteiger partial charge on any atom is 0.0981 e. The molecule has 0 aromatic heterocycles. The molecule has 0 aliphatic heterocycles. The van der Waals surface area contributed by atoms with E-state index in [-0.39, 0.29) is 5.60 Å². The Labute approximate surface area is 109 Å². The SMILES string of the molecule is C=CCOC1(c2ccccc2)CC2CCC1C2N. The lowest BCUT2D eigenvalue weighted by Crippen LogP contribution is -2.39. The molecule has 2 saturated carbocycles. The van der Waals surface area contributed by atoms with Crippen molar-refractivity contribution in [1.29, 1.82) is 0 Å². The van der Waals surface area contributed by atoms with Crippen molar-refractivity contribution >= 4 is 0 Å². The summed E-state index contributed by atoms with van der Waals surface area (Å²) < 4.78 is 6.23. The highest BCUT2D eigenvalue weighted by atomic mass is 16.5. The first kappa shape index (κ1) is 11.9. The van der Waals surface area contributed by atoms with Gasteiger partial charge < -0.3 is 10.5 Å². The highest BCUT2D eigenvalue weighted by Crippen LogP contribution is 2.56. The molecule has 4 atom stereocenters. The van der Waals surface area contributed by atoms with Gasteiger partial charge in [0.25, 0.3) is 0 Å². The third-order valence-electron chi connectivity index (χ3n) is 4.74. The van der Waals surface area contributed by atoms with E-state index in [4.69, 9.17) is 10.5 Å². The quantitative estimate of drug-likeness (QED) is 0.825. The van der Waals surface area contributed by atoms with E-state index in [9.17, 15) is 0 Å². The summed E-state index contributed by atoms with van der Waals surface area (Å²) in [7, 11) is 0. The molecule has 2 fully saturated rings. The molecule has 0 radical (unpaired) electrons. The molecule has 0 saturated heterocycles. The largest absolute Gasteiger partial charge is 0.366 e. The minimum absolute atomic E-state index is 0.169. The summed E-state index contributed by atoms with van der Waals surface area (Å²) in [6.07, 6.45) is 5.36. The zero-order valence-electron chi connectivity index (χ0n) is 10.7. The van der Waals surface area contributed by atoms with Crippen molar-refractivity contribution in [1.82, 2.24) is 0 Å². The average molecular weight is 243 g/mol. The molecule has 0 spiro atoms. The lowest BCUT2D eigenvalue weighted by atomic mass is 9.78. The summed E-state index contributed by atoms with van der Waals surface area (Å²) in [6, 6.07) is 10.9. The van der Waals surface area contributed by atoms with Crippen molar-refractivity contribution in [2.75, 3.05) is 6.61 Å². The van der Waals surface area contributed by atoms with Gasteiger partial charge in [-0.1, -0.05) is 36.4 Å². The maximum absolute atomic E-state index is 6.36. The smallest absolute Gasteiger partial charge is 0.0981 e. The summed E-state index contributed by atoms with van der Waals surface area (Å²) in [6.45, 7) is 4.37. The molecule has 2 aliphatic carbocycles. The van der Waals surface area contributed by atoms with Crippen LogP contribution in [0.4, 0.5) is 0 Å². The fourth-order valence-corrected chi connectivity index (χ4v) is 3.94. The maximum atomic E-state index is 6.36. The van der Waals surface area contributed by atoms with E-state index in [0.717, 1.165) is 6.42 Å². The first-order valence-corrected chi connectivity index (χ1v) is 6.84. The van der Waals surface area contributed by atoms with E-state index in [1.54, 1.807) is 0 Å². The minimum atomic E-state index is -0.169. The van der Waals surface area contributed by atoms with Crippen LogP contribution in [0.15, 0.2) is 43.0 Å². The van der Waals surface area contributed by atoms with Crippen molar-refractivity contribution in [3.63, 3.8) is 0 Å². The van der Waals surface area contributed by atoms with E-state index in [1.165, 1.54) is 18.4 Å². The summed E-state index contributed by atoms with van der Waals surface area (Å²) in [5.74, 6) is 1.09. The number of hydrogen-bond acceptors (Lipinski definition) is 2. The monoisotopic (exact) mass is 243 g/mol. The third-order valence-corrected chi connectivity index (χ3v) is 4.74. The zero-order chi connectivity index (χ0) is 12.6. The molecule has 18 heavy (non-hydrogen) atoms. The molecule has 0 heterocycles. The fourth-order valence-electron chi connectivity index (χ4n) is 3.94. The van der Waals surface area contributed by atoms with Gasteiger partial charge in [0.05, 0.1) is 12.2 Å². The van der Waals surface area contributed by atoms with Crippen LogP contribution in [-0.4, -0.2) is 12.6 Å². The fraction of sp³-hybridized carbons (Fsp3) is 0.500. The second-order valence-corrected chi connectivity index (χ2v) is 5.58. The summed E-state index contributed by atoms with van der Waals surface area (Å²) in [5, 5.41) is 0. The second-order valence-electron chi connectivity index (χ2n) is 5.58. The first-order valence-electron chi connectivity index (χ1n) is 6.84. The highest BCUT2D eigenvalue weighted by Gasteiger charge is 2.57. The van der Waals surface area contributed by atoms with Crippen molar-refractivity contribution in [2.24, 2.45) is 17.6 Å². The number of nitrogens with two attached hydrogens (primary N) is 1. The minimum Gasteiger partial charge on any atom is -0.366 e. The van der Waals surface area contributed by atoms with Crippen LogP contribution < -0.4 is 5.73 Å². The zero-order valence-corrected chi connectivity index (χ0v) is 10.7. The molecule has 1 aromatic carbocycles. The number of hydrogen-bond donors (Lipinski definition) is 1. The van der Waals surface area contributed by atoms with Crippen molar-refractivity contribution in [3.05, 3.63) is 48.6 Å². The number of benzene rings is 1. The van der Waals surface area contributed by atoms with Crippen LogP contribution in [0.3, 0.4) is 0 Å². The van der Waals surface area contributed by atoms with Crippen LogP contribution in [0.2, 0.25) is 0 Å². The highest BCUT2D eigenvalue weighted by molar-refractivity contribution is 5.28. The van der Waals surface area contributed by atoms with E-state index >= 15 is 0 Å². The lowest BCUT2D eigenvalue weighted by Gasteiger charge is -2.38. The van der Waals surface area contributed by atoms with Gasteiger partial charge in [0.2, 0.25) is 0 Å². The Morgan fingerprint density at radius 1 is 1.33 bits per heavy atom. The van der Waals surface area contributed by atoms with Gasteiger partial charge in [0.15, 0.2) is 0 Å². The standard InChI is InChI=1S/C16H21NO/c1-2-10-18-16(13-6-4-3-5-7-13)11-12-8-9-14(16)15(12)17/h2-7,12,14-15H,1,8-11,17H2. The van der Waals surface area contributed by atoms with Gasteiger partial charge in [-0.3, -0.25) is 0 Å². The van der Waals surface area contributed by atoms with Gasteiger partial charge in [-0.05, 0) is 30.7 Å². The average Bonchev–Trinajstić information content (AvgIpc) is 2.91.